The molecular weight excluding hydrogens is 242 g/mol. The van der Waals surface area contributed by atoms with Crippen molar-refractivity contribution >= 4 is 23.1 Å². The van der Waals surface area contributed by atoms with Crippen LogP contribution in [0.3, 0.4) is 0 Å². The van der Waals surface area contributed by atoms with Gasteiger partial charge in [-0.3, -0.25) is 0 Å². The zero-order chi connectivity index (χ0) is 12.5. The first-order valence-corrected chi connectivity index (χ1v) is 5.84. The third-order valence-corrected chi connectivity index (χ3v) is 2.21. The zero-order valence-corrected chi connectivity index (χ0v) is 10.7. The number of rotatable bonds is 8. The lowest BCUT2D eigenvalue weighted by Gasteiger charge is -2.07. The molecule has 0 spiro atoms. The lowest BCUT2D eigenvalue weighted by molar-refractivity contribution is 0.0705. The fourth-order valence-corrected chi connectivity index (χ4v) is 1.46. The molecule has 1 aromatic rings. The number of hydrogen-bond acceptors (Lipinski definition) is 5. The number of nitrogens with two attached hydrogens (primary N) is 1. The summed E-state index contributed by atoms with van der Waals surface area (Å²) in [5, 5.41) is 3.52. The van der Waals surface area contributed by atoms with Gasteiger partial charge >= 0.3 is 0 Å². The minimum absolute atomic E-state index is 0.392. The van der Waals surface area contributed by atoms with Gasteiger partial charge < -0.3 is 20.5 Å². The third kappa shape index (κ3) is 6.31. The van der Waals surface area contributed by atoms with Crippen molar-refractivity contribution in [3.8, 4) is 0 Å². The van der Waals surface area contributed by atoms with Crippen LogP contribution in [0.25, 0.3) is 0 Å². The Labute approximate surface area is 106 Å². The topological polar surface area (TPSA) is 69.4 Å². The molecule has 0 aliphatic heterocycles. The van der Waals surface area contributed by atoms with Crippen molar-refractivity contribution in [1.29, 1.82) is 0 Å². The van der Waals surface area contributed by atoms with Gasteiger partial charge in [0.15, 0.2) is 0 Å². The van der Waals surface area contributed by atoms with Crippen LogP contribution in [0.2, 0.25) is 5.15 Å². The lowest BCUT2D eigenvalue weighted by atomic mass is 10.4. The van der Waals surface area contributed by atoms with E-state index in [4.69, 9.17) is 26.8 Å². The summed E-state index contributed by atoms with van der Waals surface area (Å²) >= 11 is 5.78. The number of halogens is 1. The molecular formula is C11H18ClN3O2. The van der Waals surface area contributed by atoms with Crippen molar-refractivity contribution in [2.24, 2.45) is 0 Å². The first-order chi connectivity index (χ1) is 8.22. The predicted molar refractivity (Wildman–Crippen MR) is 69.5 cm³/mol. The molecule has 3 N–H and O–H groups in total. The average Bonchev–Trinajstić information content (AvgIpc) is 2.26. The quantitative estimate of drug-likeness (QED) is 0.550. The van der Waals surface area contributed by atoms with E-state index in [1.807, 2.05) is 0 Å². The molecule has 17 heavy (non-hydrogen) atoms. The van der Waals surface area contributed by atoms with Crippen LogP contribution in [0.15, 0.2) is 12.1 Å². The Morgan fingerprint density at radius 3 is 2.88 bits per heavy atom. The van der Waals surface area contributed by atoms with Crippen LogP contribution in [0.5, 0.6) is 0 Å². The van der Waals surface area contributed by atoms with Crippen molar-refractivity contribution in [2.45, 2.75) is 6.42 Å². The second kappa shape index (κ2) is 8.11. The summed E-state index contributed by atoms with van der Waals surface area (Å²) in [5.74, 6) is 0.687. The van der Waals surface area contributed by atoms with E-state index >= 15 is 0 Å². The standard InChI is InChI=1S/C11H18ClN3O2/c1-16-5-6-17-4-2-3-14-11-8-9(13)7-10(12)15-11/h7-8H,2-6H2,1H3,(H3,13,14,15). The number of nitrogen functional groups attached to an aromatic ring is 1. The second-order valence-electron chi connectivity index (χ2n) is 3.49. The number of anilines is 2. The summed E-state index contributed by atoms with van der Waals surface area (Å²) in [5.41, 5.74) is 6.24. The third-order valence-electron chi connectivity index (χ3n) is 2.02. The Balaban J connectivity index is 2.13. The Bertz CT molecular complexity index is 316. The highest BCUT2D eigenvalue weighted by molar-refractivity contribution is 6.29. The van der Waals surface area contributed by atoms with Gasteiger partial charge in [-0.25, -0.2) is 4.98 Å². The van der Waals surface area contributed by atoms with Gasteiger partial charge in [-0.2, -0.15) is 0 Å². The number of hydrogen-bond donors (Lipinski definition) is 2. The second-order valence-corrected chi connectivity index (χ2v) is 3.88. The molecule has 0 saturated carbocycles. The monoisotopic (exact) mass is 259 g/mol. The van der Waals surface area contributed by atoms with Crippen molar-refractivity contribution < 1.29 is 9.47 Å². The smallest absolute Gasteiger partial charge is 0.133 e. The molecule has 0 aliphatic carbocycles. The highest BCUT2D eigenvalue weighted by Crippen LogP contribution is 2.15. The van der Waals surface area contributed by atoms with Gasteiger partial charge in [0.1, 0.15) is 11.0 Å². The number of nitrogens with one attached hydrogen (secondary N) is 1. The first kappa shape index (κ1) is 14.0. The van der Waals surface area contributed by atoms with Crippen LogP contribution in [-0.4, -0.2) is 38.5 Å². The molecule has 0 saturated heterocycles. The van der Waals surface area contributed by atoms with Crippen LogP contribution in [0, 0.1) is 0 Å². The van der Waals surface area contributed by atoms with Crippen molar-refractivity contribution in [3.05, 3.63) is 17.3 Å². The Morgan fingerprint density at radius 2 is 2.18 bits per heavy atom. The van der Waals surface area contributed by atoms with Gasteiger partial charge in [0.05, 0.1) is 13.2 Å². The van der Waals surface area contributed by atoms with Gasteiger partial charge in [-0.05, 0) is 12.5 Å². The number of pyridine rings is 1. The summed E-state index contributed by atoms with van der Waals surface area (Å²) in [6.07, 6.45) is 0.887. The van der Waals surface area contributed by atoms with Crippen LogP contribution in [0.1, 0.15) is 6.42 Å². The van der Waals surface area contributed by atoms with Gasteiger partial charge in [0.2, 0.25) is 0 Å². The molecule has 0 aliphatic rings. The summed E-state index contributed by atoms with van der Waals surface area (Å²) in [6, 6.07) is 3.36. The zero-order valence-electron chi connectivity index (χ0n) is 9.91. The van der Waals surface area contributed by atoms with Crippen LogP contribution >= 0.6 is 11.6 Å². The van der Waals surface area contributed by atoms with E-state index in [0.29, 0.717) is 36.5 Å². The molecule has 1 aromatic heterocycles. The van der Waals surface area contributed by atoms with Gasteiger partial charge in [-0.15, -0.1) is 0 Å². The van der Waals surface area contributed by atoms with Crippen LogP contribution < -0.4 is 11.1 Å². The molecule has 0 unspecified atom stereocenters. The first-order valence-electron chi connectivity index (χ1n) is 5.46. The fourth-order valence-electron chi connectivity index (χ4n) is 1.24. The minimum atomic E-state index is 0.392. The van der Waals surface area contributed by atoms with Gasteiger partial charge in [0, 0.05) is 32.0 Å². The van der Waals surface area contributed by atoms with Crippen molar-refractivity contribution in [2.75, 3.05) is 44.5 Å². The highest BCUT2D eigenvalue weighted by atomic mass is 35.5. The maximum absolute atomic E-state index is 5.78. The Morgan fingerprint density at radius 1 is 1.35 bits per heavy atom. The molecule has 0 radical (unpaired) electrons. The number of ether oxygens (including phenoxy) is 2. The molecule has 0 aromatic carbocycles. The van der Waals surface area contributed by atoms with E-state index in [2.05, 4.69) is 10.3 Å². The predicted octanol–water partition coefficient (Wildman–Crippen LogP) is 1.78. The largest absolute Gasteiger partial charge is 0.399 e. The van der Waals surface area contributed by atoms with Crippen LogP contribution in [0.4, 0.5) is 11.5 Å². The van der Waals surface area contributed by atoms with E-state index in [-0.39, 0.29) is 0 Å². The number of nitrogens with zero attached hydrogens (tertiary/aromatic N) is 1. The molecule has 0 amide bonds. The van der Waals surface area contributed by atoms with E-state index < -0.39 is 0 Å². The van der Waals surface area contributed by atoms with E-state index in [1.165, 1.54) is 0 Å². The maximum atomic E-state index is 5.78. The lowest BCUT2D eigenvalue weighted by Crippen LogP contribution is -2.09. The molecule has 0 atom stereocenters. The highest BCUT2D eigenvalue weighted by Gasteiger charge is 1.98. The molecule has 1 rings (SSSR count). The van der Waals surface area contributed by atoms with Crippen molar-refractivity contribution in [1.82, 2.24) is 4.98 Å². The maximum Gasteiger partial charge on any atom is 0.133 e. The summed E-state index contributed by atoms with van der Waals surface area (Å²) in [7, 11) is 1.65. The molecule has 5 nitrogen and oxygen atoms in total. The van der Waals surface area contributed by atoms with Gasteiger partial charge in [-0.1, -0.05) is 11.6 Å². The summed E-state index contributed by atoms with van der Waals surface area (Å²) in [4.78, 5) is 4.09. The normalized spacial score (nSPS) is 10.5. The number of methoxy groups -OCH3 is 1. The summed E-state index contributed by atoms with van der Waals surface area (Å²) < 4.78 is 10.2. The molecule has 0 bridgehead atoms. The molecule has 6 heteroatoms. The SMILES string of the molecule is COCCOCCCNc1cc(N)cc(Cl)n1. The molecule has 1 heterocycles. The Kier molecular flexibility index (Phi) is 6.69. The minimum Gasteiger partial charge on any atom is -0.399 e. The van der Waals surface area contributed by atoms with Gasteiger partial charge in [0.25, 0.3) is 0 Å². The van der Waals surface area contributed by atoms with Crippen LogP contribution in [-0.2, 0) is 9.47 Å². The molecule has 96 valence electrons. The summed E-state index contributed by atoms with van der Waals surface area (Å²) in [6.45, 7) is 2.70. The van der Waals surface area contributed by atoms with E-state index in [1.54, 1.807) is 19.2 Å². The number of aromatic nitrogens is 1. The van der Waals surface area contributed by atoms with E-state index in [9.17, 15) is 0 Å². The Hall–Kier alpha value is -1.04. The van der Waals surface area contributed by atoms with E-state index in [0.717, 1.165) is 13.0 Å². The molecule has 0 fully saturated rings. The average molecular weight is 260 g/mol. The fraction of sp³-hybridized carbons (Fsp3) is 0.545. The van der Waals surface area contributed by atoms with Crippen molar-refractivity contribution in [3.63, 3.8) is 0 Å².